The zero-order valence-electron chi connectivity index (χ0n) is 8.57. The van der Waals surface area contributed by atoms with Gasteiger partial charge in [0.25, 0.3) is 15.9 Å². The maximum Gasteiger partial charge on any atom is 0.269 e. The molecule has 1 aliphatic heterocycles. The molecule has 1 atom stereocenters. The molecule has 0 radical (unpaired) electrons. The fourth-order valence-corrected chi connectivity index (χ4v) is 3.64. The summed E-state index contributed by atoms with van der Waals surface area (Å²) in [5.41, 5.74) is 0.108. The summed E-state index contributed by atoms with van der Waals surface area (Å²) in [6.07, 6.45) is 0. The minimum atomic E-state index is -3.85. The Balaban J connectivity index is 2.41. The molecule has 2 rings (SSSR count). The van der Waals surface area contributed by atoms with Crippen molar-refractivity contribution in [1.82, 2.24) is 4.31 Å². The summed E-state index contributed by atoms with van der Waals surface area (Å²) in [5.74, 6) is -0.940. The molecule has 0 aromatic heterocycles. The van der Waals surface area contributed by atoms with E-state index in [1.54, 1.807) is 6.07 Å². The quantitative estimate of drug-likeness (QED) is 0.787. The molecule has 0 spiro atoms. The van der Waals surface area contributed by atoms with Crippen molar-refractivity contribution >= 4 is 27.0 Å². The first-order valence-electron chi connectivity index (χ1n) is 4.68. The standard InChI is InChI=1S/C9H9NO5S2/c11-9-7-3-1-2-4-8(7)17(14,15)10(9)5-6-16(12)13/h1-4H,5-6H2,(H,12,13). The second-order valence-corrected chi connectivity index (χ2v) is 6.29. The average molecular weight is 275 g/mol. The number of carbonyl (C=O) groups excluding carboxylic acids is 1. The van der Waals surface area contributed by atoms with Gasteiger partial charge in [-0.2, -0.15) is 0 Å². The highest BCUT2D eigenvalue weighted by atomic mass is 32.2. The SMILES string of the molecule is O=C1c2ccccc2S(=O)(=O)N1CCS(=O)O. The minimum Gasteiger partial charge on any atom is -0.306 e. The van der Waals surface area contributed by atoms with Crippen LogP contribution in [0.5, 0.6) is 0 Å². The van der Waals surface area contributed by atoms with E-state index in [0.717, 1.165) is 0 Å². The van der Waals surface area contributed by atoms with Crippen LogP contribution in [0, 0.1) is 0 Å². The molecule has 1 amide bonds. The second-order valence-electron chi connectivity index (χ2n) is 3.40. The Hall–Kier alpha value is -1.25. The van der Waals surface area contributed by atoms with Gasteiger partial charge in [0.05, 0.1) is 17.9 Å². The van der Waals surface area contributed by atoms with E-state index in [0.29, 0.717) is 4.31 Å². The summed E-state index contributed by atoms with van der Waals surface area (Å²) in [6.45, 7) is -0.293. The lowest BCUT2D eigenvalue weighted by atomic mass is 10.2. The Kier molecular flexibility index (Phi) is 3.02. The number of rotatable bonds is 3. The van der Waals surface area contributed by atoms with Gasteiger partial charge in [0.1, 0.15) is 4.90 Å². The highest BCUT2D eigenvalue weighted by Crippen LogP contribution is 2.29. The van der Waals surface area contributed by atoms with Crippen molar-refractivity contribution in [2.75, 3.05) is 12.3 Å². The van der Waals surface area contributed by atoms with Gasteiger partial charge in [-0.1, -0.05) is 12.1 Å². The van der Waals surface area contributed by atoms with E-state index in [9.17, 15) is 17.4 Å². The minimum absolute atomic E-state index is 0.0475. The zero-order chi connectivity index (χ0) is 12.6. The topological polar surface area (TPSA) is 91.8 Å². The summed E-state index contributed by atoms with van der Waals surface area (Å²) in [7, 11) is -3.85. The highest BCUT2D eigenvalue weighted by molar-refractivity contribution is 7.90. The van der Waals surface area contributed by atoms with Crippen LogP contribution < -0.4 is 0 Å². The van der Waals surface area contributed by atoms with E-state index >= 15 is 0 Å². The first kappa shape index (κ1) is 12.2. The summed E-state index contributed by atoms with van der Waals surface area (Å²) in [6, 6.07) is 5.86. The van der Waals surface area contributed by atoms with Gasteiger partial charge in [0.15, 0.2) is 11.1 Å². The van der Waals surface area contributed by atoms with E-state index in [-0.39, 0.29) is 22.8 Å². The van der Waals surface area contributed by atoms with Gasteiger partial charge in [-0.25, -0.2) is 16.9 Å². The lowest BCUT2D eigenvalue weighted by Gasteiger charge is -2.13. The second kappa shape index (κ2) is 4.21. The third-order valence-corrected chi connectivity index (χ3v) is 4.75. The fraction of sp³-hybridized carbons (Fsp3) is 0.222. The number of hydrogen-bond acceptors (Lipinski definition) is 4. The third kappa shape index (κ3) is 1.99. The molecule has 0 aliphatic carbocycles. The Morgan fingerprint density at radius 2 is 1.94 bits per heavy atom. The lowest BCUT2D eigenvalue weighted by molar-refractivity contribution is 0.0876. The molecule has 1 aromatic rings. The van der Waals surface area contributed by atoms with Crippen LogP contribution in [0.1, 0.15) is 10.4 Å². The first-order valence-corrected chi connectivity index (χ1v) is 7.40. The van der Waals surface area contributed by atoms with E-state index in [4.69, 9.17) is 4.55 Å². The van der Waals surface area contributed by atoms with Crippen LogP contribution >= 0.6 is 0 Å². The summed E-state index contributed by atoms with van der Waals surface area (Å²) < 4.78 is 43.6. The number of carbonyl (C=O) groups is 1. The van der Waals surface area contributed by atoms with Crippen molar-refractivity contribution in [2.45, 2.75) is 4.90 Å². The molecule has 1 aliphatic rings. The third-order valence-electron chi connectivity index (χ3n) is 2.38. The smallest absolute Gasteiger partial charge is 0.269 e. The van der Waals surface area contributed by atoms with Crippen molar-refractivity contribution in [2.24, 2.45) is 0 Å². The van der Waals surface area contributed by atoms with Crippen LogP contribution in [0.4, 0.5) is 0 Å². The molecule has 92 valence electrons. The van der Waals surface area contributed by atoms with Crippen LogP contribution in [-0.2, 0) is 21.1 Å². The van der Waals surface area contributed by atoms with Crippen molar-refractivity contribution in [1.29, 1.82) is 0 Å². The Labute approximate surface area is 101 Å². The Bertz CT molecular complexity index is 595. The van der Waals surface area contributed by atoms with Crippen LogP contribution in [0.15, 0.2) is 29.2 Å². The molecular weight excluding hydrogens is 266 g/mol. The molecule has 6 nitrogen and oxygen atoms in total. The van der Waals surface area contributed by atoms with Crippen molar-refractivity contribution in [3.63, 3.8) is 0 Å². The van der Waals surface area contributed by atoms with Crippen molar-refractivity contribution in [3.05, 3.63) is 29.8 Å². The number of benzene rings is 1. The Morgan fingerprint density at radius 3 is 2.53 bits per heavy atom. The van der Waals surface area contributed by atoms with E-state index in [2.05, 4.69) is 0 Å². The Morgan fingerprint density at radius 1 is 1.29 bits per heavy atom. The maximum absolute atomic E-state index is 11.9. The monoisotopic (exact) mass is 275 g/mol. The van der Waals surface area contributed by atoms with E-state index in [1.165, 1.54) is 18.2 Å². The highest BCUT2D eigenvalue weighted by Gasteiger charge is 2.40. The number of fused-ring (bicyclic) bond motifs is 1. The molecular formula is C9H9NO5S2. The zero-order valence-corrected chi connectivity index (χ0v) is 10.2. The molecule has 0 saturated heterocycles. The molecule has 0 saturated carbocycles. The normalized spacial score (nSPS) is 19.1. The predicted octanol–water partition coefficient (Wildman–Crippen LogP) is 0.0528. The van der Waals surface area contributed by atoms with Crippen molar-refractivity contribution in [3.8, 4) is 0 Å². The van der Waals surface area contributed by atoms with Gasteiger partial charge in [0.2, 0.25) is 0 Å². The lowest BCUT2D eigenvalue weighted by Crippen LogP contribution is -2.33. The summed E-state index contributed by atoms with van der Waals surface area (Å²) >= 11 is -2.13. The molecule has 1 heterocycles. The van der Waals surface area contributed by atoms with Gasteiger partial charge in [-0.15, -0.1) is 0 Å². The first-order chi connectivity index (χ1) is 7.94. The number of amides is 1. The van der Waals surface area contributed by atoms with Crippen LogP contribution in [0.25, 0.3) is 0 Å². The van der Waals surface area contributed by atoms with Gasteiger partial charge < -0.3 is 4.55 Å². The molecule has 1 unspecified atom stereocenters. The van der Waals surface area contributed by atoms with Gasteiger partial charge >= 0.3 is 0 Å². The van der Waals surface area contributed by atoms with Gasteiger partial charge in [-0.05, 0) is 12.1 Å². The largest absolute Gasteiger partial charge is 0.306 e. The molecule has 17 heavy (non-hydrogen) atoms. The number of nitrogens with zero attached hydrogens (tertiary/aromatic N) is 1. The van der Waals surface area contributed by atoms with Crippen molar-refractivity contribution < 1.29 is 22.0 Å². The summed E-state index contributed by atoms with van der Waals surface area (Å²) in [5, 5.41) is 0. The van der Waals surface area contributed by atoms with Crippen LogP contribution in [0.3, 0.4) is 0 Å². The molecule has 8 heteroatoms. The predicted molar refractivity (Wildman–Crippen MR) is 60.3 cm³/mol. The van der Waals surface area contributed by atoms with Gasteiger partial charge in [-0.3, -0.25) is 4.79 Å². The molecule has 0 fully saturated rings. The molecule has 1 N–H and O–H groups in total. The van der Waals surface area contributed by atoms with E-state index in [1.807, 2.05) is 0 Å². The molecule has 1 aromatic carbocycles. The van der Waals surface area contributed by atoms with Crippen LogP contribution in [0.2, 0.25) is 0 Å². The number of sulfonamides is 1. The fourth-order valence-electron chi connectivity index (χ4n) is 1.61. The summed E-state index contributed by atoms with van der Waals surface area (Å²) in [4.78, 5) is 11.7. The van der Waals surface area contributed by atoms with E-state index < -0.39 is 27.0 Å². The average Bonchev–Trinajstić information content (AvgIpc) is 2.46. The maximum atomic E-state index is 11.9. The molecule has 0 bridgehead atoms. The number of hydrogen-bond donors (Lipinski definition) is 1. The van der Waals surface area contributed by atoms with Gasteiger partial charge in [0, 0.05) is 0 Å². The van der Waals surface area contributed by atoms with Crippen LogP contribution in [-0.4, -0.2) is 39.7 Å².